The van der Waals surface area contributed by atoms with E-state index in [0.29, 0.717) is 5.41 Å². The summed E-state index contributed by atoms with van der Waals surface area (Å²) in [6, 6.07) is 6.26. The van der Waals surface area contributed by atoms with Gasteiger partial charge in [0.25, 0.3) is 0 Å². The van der Waals surface area contributed by atoms with Crippen molar-refractivity contribution in [3.05, 3.63) is 29.3 Å². The lowest BCUT2D eigenvalue weighted by Crippen LogP contribution is -2.35. The molecule has 0 unspecified atom stereocenters. The van der Waals surface area contributed by atoms with Gasteiger partial charge < -0.3 is 9.84 Å². The van der Waals surface area contributed by atoms with E-state index >= 15 is 0 Å². The van der Waals surface area contributed by atoms with Crippen LogP contribution in [0.4, 0.5) is 0 Å². The molecule has 1 aromatic rings. The maximum atomic E-state index is 11.0. The zero-order valence-electron chi connectivity index (χ0n) is 12.9. The summed E-state index contributed by atoms with van der Waals surface area (Å²) in [6.07, 6.45) is 4.98. The maximum Gasteiger partial charge on any atom is 0.122 e. The first-order valence-electron chi connectivity index (χ1n) is 7.87. The molecule has 2 nitrogen and oxygen atoms in total. The molecule has 2 aliphatic rings. The van der Waals surface area contributed by atoms with Crippen LogP contribution < -0.4 is 4.74 Å². The molecule has 1 aliphatic heterocycles. The molecule has 1 heterocycles. The molecule has 1 saturated carbocycles. The molecule has 0 atom stereocenters. The van der Waals surface area contributed by atoms with Crippen molar-refractivity contribution in [2.45, 2.75) is 58.5 Å². The zero-order chi connectivity index (χ0) is 14.4. The molecule has 20 heavy (non-hydrogen) atoms. The highest BCUT2D eigenvalue weighted by Gasteiger charge is 2.38. The Balaban J connectivity index is 1.77. The topological polar surface area (TPSA) is 29.5 Å². The van der Waals surface area contributed by atoms with E-state index in [-0.39, 0.29) is 0 Å². The van der Waals surface area contributed by atoms with Gasteiger partial charge in [0, 0.05) is 6.42 Å². The van der Waals surface area contributed by atoms with Crippen molar-refractivity contribution in [3.63, 3.8) is 0 Å². The molecule has 1 fully saturated rings. The summed E-state index contributed by atoms with van der Waals surface area (Å²) in [5, 5.41) is 11.0. The number of hydrogen-bond donors (Lipinski definition) is 1. The molecule has 110 valence electrons. The molecular weight excluding hydrogens is 248 g/mol. The summed E-state index contributed by atoms with van der Waals surface area (Å²) < 4.78 is 5.55. The van der Waals surface area contributed by atoms with Crippen LogP contribution in [0.5, 0.6) is 5.75 Å². The van der Waals surface area contributed by atoms with Crippen LogP contribution in [-0.2, 0) is 12.0 Å². The summed E-state index contributed by atoms with van der Waals surface area (Å²) in [4.78, 5) is 0. The molecule has 0 aromatic heterocycles. The number of aliphatic hydroxyl groups is 1. The van der Waals surface area contributed by atoms with Gasteiger partial charge in [0.2, 0.25) is 0 Å². The van der Waals surface area contributed by atoms with Gasteiger partial charge in [0.1, 0.15) is 5.75 Å². The molecule has 0 bridgehead atoms. The van der Waals surface area contributed by atoms with Crippen LogP contribution in [0.3, 0.4) is 0 Å². The lowest BCUT2D eigenvalue weighted by Gasteiger charge is -2.41. The Morgan fingerprint density at radius 1 is 1.20 bits per heavy atom. The van der Waals surface area contributed by atoms with E-state index in [1.54, 1.807) is 0 Å². The van der Waals surface area contributed by atoms with E-state index in [4.69, 9.17) is 4.74 Å². The standard InChI is InChI=1S/C18H26O2/c1-17(2,3)14-6-9-18(19,10-7-14)15-4-5-16-13(12-15)8-11-20-16/h4-5,12,14,19H,6-11H2,1-3H3. The number of hydrogen-bond acceptors (Lipinski definition) is 2. The molecule has 0 amide bonds. The first kappa shape index (κ1) is 13.9. The van der Waals surface area contributed by atoms with Gasteiger partial charge in [0.15, 0.2) is 0 Å². The van der Waals surface area contributed by atoms with E-state index < -0.39 is 5.60 Å². The fourth-order valence-corrected chi connectivity index (χ4v) is 3.73. The van der Waals surface area contributed by atoms with Gasteiger partial charge in [-0.25, -0.2) is 0 Å². The van der Waals surface area contributed by atoms with Crippen molar-refractivity contribution < 1.29 is 9.84 Å². The Bertz CT molecular complexity index is 491. The highest BCUT2D eigenvalue weighted by Crippen LogP contribution is 2.46. The van der Waals surface area contributed by atoms with E-state index in [1.165, 1.54) is 5.56 Å². The lowest BCUT2D eigenvalue weighted by atomic mass is 9.67. The quantitative estimate of drug-likeness (QED) is 0.837. The van der Waals surface area contributed by atoms with Crippen LogP contribution in [-0.4, -0.2) is 11.7 Å². The zero-order valence-corrected chi connectivity index (χ0v) is 12.9. The lowest BCUT2D eigenvalue weighted by molar-refractivity contribution is -0.0298. The SMILES string of the molecule is CC(C)(C)C1CCC(O)(c2ccc3c(c2)CCO3)CC1. The fourth-order valence-electron chi connectivity index (χ4n) is 3.73. The van der Waals surface area contributed by atoms with Crippen LogP contribution >= 0.6 is 0 Å². The molecule has 0 spiro atoms. The van der Waals surface area contributed by atoms with E-state index in [9.17, 15) is 5.11 Å². The summed E-state index contributed by atoms with van der Waals surface area (Å²) in [5.41, 5.74) is 2.08. The maximum absolute atomic E-state index is 11.0. The predicted molar refractivity (Wildman–Crippen MR) is 81.0 cm³/mol. The smallest absolute Gasteiger partial charge is 0.122 e. The minimum atomic E-state index is -0.626. The van der Waals surface area contributed by atoms with Crippen LogP contribution in [0, 0.1) is 11.3 Å². The number of rotatable bonds is 1. The molecule has 1 aromatic carbocycles. The Hall–Kier alpha value is -1.02. The van der Waals surface area contributed by atoms with E-state index in [0.717, 1.165) is 55.9 Å². The highest BCUT2D eigenvalue weighted by molar-refractivity contribution is 5.41. The fraction of sp³-hybridized carbons (Fsp3) is 0.667. The Kier molecular flexibility index (Phi) is 3.32. The molecular formula is C18H26O2. The van der Waals surface area contributed by atoms with Crippen LogP contribution in [0.1, 0.15) is 57.6 Å². The molecule has 2 heteroatoms. The summed E-state index contributed by atoms with van der Waals surface area (Å²) in [6.45, 7) is 7.72. The van der Waals surface area contributed by atoms with Crippen molar-refractivity contribution in [1.29, 1.82) is 0 Å². The van der Waals surface area contributed by atoms with Gasteiger partial charge in [0.05, 0.1) is 12.2 Å². The molecule has 0 radical (unpaired) electrons. The first-order valence-corrected chi connectivity index (χ1v) is 7.87. The molecule has 1 aliphatic carbocycles. The Morgan fingerprint density at radius 2 is 1.90 bits per heavy atom. The largest absolute Gasteiger partial charge is 0.493 e. The number of fused-ring (bicyclic) bond motifs is 1. The van der Waals surface area contributed by atoms with Crippen molar-refractivity contribution in [2.24, 2.45) is 11.3 Å². The van der Waals surface area contributed by atoms with Crippen LogP contribution in [0.2, 0.25) is 0 Å². The number of benzene rings is 1. The van der Waals surface area contributed by atoms with Crippen molar-refractivity contribution in [3.8, 4) is 5.75 Å². The van der Waals surface area contributed by atoms with E-state index in [1.807, 2.05) is 6.07 Å². The van der Waals surface area contributed by atoms with Gasteiger partial charge in [-0.05, 0) is 60.3 Å². The molecule has 3 rings (SSSR count). The van der Waals surface area contributed by atoms with Gasteiger partial charge in [-0.15, -0.1) is 0 Å². The summed E-state index contributed by atoms with van der Waals surface area (Å²) in [7, 11) is 0. The Labute approximate surface area is 122 Å². The third-order valence-corrected chi connectivity index (χ3v) is 5.26. The molecule has 0 saturated heterocycles. The monoisotopic (exact) mass is 274 g/mol. The van der Waals surface area contributed by atoms with Gasteiger partial charge >= 0.3 is 0 Å². The number of ether oxygens (including phenoxy) is 1. The second-order valence-corrected chi connectivity index (χ2v) is 7.59. The third kappa shape index (κ3) is 2.46. The summed E-state index contributed by atoms with van der Waals surface area (Å²) in [5.74, 6) is 1.72. The minimum Gasteiger partial charge on any atom is -0.493 e. The first-order chi connectivity index (χ1) is 9.38. The normalized spacial score (nSPS) is 29.9. The average Bonchev–Trinajstić information content (AvgIpc) is 2.85. The second-order valence-electron chi connectivity index (χ2n) is 7.59. The highest BCUT2D eigenvalue weighted by atomic mass is 16.5. The average molecular weight is 274 g/mol. The van der Waals surface area contributed by atoms with Crippen molar-refractivity contribution in [2.75, 3.05) is 6.61 Å². The van der Waals surface area contributed by atoms with Crippen molar-refractivity contribution in [1.82, 2.24) is 0 Å². The van der Waals surface area contributed by atoms with Gasteiger partial charge in [-0.3, -0.25) is 0 Å². The van der Waals surface area contributed by atoms with Gasteiger partial charge in [-0.1, -0.05) is 26.8 Å². The summed E-state index contributed by atoms with van der Waals surface area (Å²) >= 11 is 0. The van der Waals surface area contributed by atoms with Crippen molar-refractivity contribution >= 4 is 0 Å². The second kappa shape index (κ2) is 4.77. The van der Waals surface area contributed by atoms with E-state index in [2.05, 4.69) is 32.9 Å². The predicted octanol–water partition coefficient (Wildman–Crippen LogP) is 4.05. The third-order valence-electron chi connectivity index (χ3n) is 5.26. The van der Waals surface area contributed by atoms with Crippen LogP contribution in [0.15, 0.2) is 18.2 Å². The van der Waals surface area contributed by atoms with Crippen LogP contribution in [0.25, 0.3) is 0 Å². The van der Waals surface area contributed by atoms with Gasteiger partial charge in [-0.2, -0.15) is 0 Å². The Morgan fingerprint density at radius 3 is 2.55 bits per heavy atom. The molecule has 1 N–H and O–H groups in total. The minimum absolute atomic E-state index is 0.354.